The fourth-order valence-electron chi connectivity index (χ4n) is 2.70. The highest BCUT2D eigenvalue weighted by molar-refractivity contribution is 6.26. The molecule has 21 heavy (non-hydrogen) atoms. The number of ether oxygens (including phenoxy) is 1. The predicted octanol–water partition coefficient (Wildman–Crippen LogP) is -0.0930. The molecule has 1 aliphatic heterocycles. The van der Waals surface area contributed by atoms with Gasteiger partial charge in [-0.25, -0.2) is 0 Å². The van der Waals surface area contributed by atoms with Crippen LogP contribution in [0.1, 0.15) is 27.7 Å². The summed E-state index contributed by atoms with van der Waals surface area (Å²) in [6.07, 6.45) is -0.960. The molecular formula is C13H27NO5Si2. The molecule has 1 rings (SSSR count). The Morgan fingerprint density at radius 3 is 2.10 bits per heavy atom. The first-order valence-corrected chi connectivity index (χ1v) is 11.4. The quantitative estimate of drug-likeness (QED) is 0.305. The summed E-state index contributed by atoms with van der Waals surface area (Å²) in [4.78, 5) is 23.2. The van der Waals surface area contributed by atoms with Crippen LogP contribution in [0.5, 0.6) is 0 Å². The van der Waals surface area contributed by atoms with Crippen molar-refractivity contribution < 1.29 is 23.2 Å². The highest BCUT2D eigenvalue weighted by Gasteiger charge is 2.53. The van der Waals surface area contributed by atoms with Crippen molar-refractivity contribution in [2.75, 3.05) is 0 Å². The largest absolute Gasteiger partial charge is 0.441 e. The summed E-state index contributed by atoms with van der Waals surface area (Å²) in [5.41, 5.74) is -0.196. The van der Waals surface area contributed by atoms with Gasteiger partial charge in [0.2, 0.25) is 5.91 Å². The summed E-state index contributed by atoms with van der Waals surface area (Å²) in [7, 11) is -1.34. The molecule has 1 N–H and O–H groups in total. The Balaban J connectivity index is 3.00. The number of carbonyl (C=O) groups excluding carboxylic acids is 2. The topological polar surface area (TPSA) is 73.9 Å². The molecule has 0 aliphatic carbocycles. The van der Waals surface area contributed by atoms with Gasteiger partial charge in [0.15, 0.2) is 25.8 Å². The highest BCUT2D eigenvalue weighted by Crippen LogP contribution is 2.41. The van der Waals surface area contributed by atoms with Crippen LogP contribution in [0.15, 0.2) is 0 Å². The summed E-state index contributed by atoms with van der Waals surface area (Å²) in [5.74, 6) is -1.06. The molecule has 122 valence electrons. The van der Waals surface area contributed by atoms with E-state index in [0.717, 1.165) is 0 Å². The van der Waals surface area contributed by atoms with E-state index in [9.17, 15) is 9.59 Å². The van der Waals surface area contributed by atoms with Crippen molar-refractivity contribution >= 4 is 31.4 Å². The summed E-state index contributed by atoms with van der Waals surface area (Å²) < 4.78 is 16.9. The Morgan fingerprint density at radius 1 is 1.24 bits per heavy atom. The lowest BCUT2D eigenvalue weighted by Crippen LogP contribution is -2.66. The normalized spacial score (nSPS) is 25.9. The molecule has 6 nitrogen and oxygen atoms in total. The second kappa shape index (κ2) is 7.52. The average molecular weight is 334 g/mol. The molecule has 0 unspecified atom stereocenters. The SMILES string of the molecule is C[SiH2]OC(O[SiH2]C)[C@H]([C@H]1C(=O)N[C@@H]1OC(C)=O)C(C)(C)C. The van der Waals surface area contributed by atoms with Gasteiger partial charge in [-0.2, -0.15) is 0 Å². The van der Waals surface area contributed by atoms with Crippen molar-refractivity contribution in [1.29, 1.82) is 0 Å². The molecule has 0 spiro atoms. The minimum Gasteiger partial charge on any atom is -0.441 e. The van der Waals surface area contributed by atoms with Gasteiger partial charge in [0, 0.05) is 12.8 Å². The Bertz CT molecular complexity index is 379. The monoisotopic (exact) mass is 333 g/mol. The number of carbonyl (C=O) groups is 2. The second-order valence-electron chi connectivity index (χ2n) is 6.24. The summed E-state index contributed by atoms with van der Waals surface area (Å²) in [5, 5.41) is 2.65. The first-order chi connectivity index (χ1) is 9.72. The van der Waals surface area contributed by atoms with E-state index < -0.39 is 37.6 Å². The second-order valence-corrected chi connectivity index (χ2v) is 8.06. The van der Waals surface area contributed by atoms with Gasteiger partial charge in [0.05, 0.1) is 0 Å². The molecule has 0 saturated carbocycles. The third-order valence-electron chi connectivity index (χ3n) is 3.55. The summed E-state index contributed by atoms with van der Waals surface area (Å²) in [6.45, 7) is 11.6. The molecule has 1 aliphatic rings. The van der Waals surface area contributed by atoms with Crippen molar-refractivity contribution in [2.24, 2.45) is 17.3 Å². The lowest BCUT2D eigenvalue weighted by molar-refractivity contribution is -0.189. The highest BCUT2D eigenvalue weighted by atomic mass is 28.2. The maximum atomic E-state index is 12.0. The number of nitrogens with one attached hydrogen (secondary N) is 1. The van der Waals surface area contributed by atoms with Gasteiger partial charge in [0.25, 0.3) is 0 Å². The van der Waals surface area contributed by atoms with E-state index >= 15 is 0 Å². The van der Waals surface area contributed by atoms with Crippen molar-refractivity contribution in [2.45, 2.75) is 53.3 Å². The molecule has 0 bridgehead atoms. The molecule has 1 amide bonds. The fraction of sp³-hybridized carbons (Fsp3) is 0.846. The number of esters is 1. The first-order valence-electron chi connectivity index (χ1n) is 7.43. The average Bonchev–Trinajstić information content (AvgIpc) is 2.33. The van der Waals surface area contributed by atoms with Crippen LogP contribution in [0.3, 0.4) is 0 Å². The number of amides is 1. The van der Waals surface area contributed by atoms with E-state index in [1.807, 2.05) is 13.1 Å². The molecular weight excluding hydrogens is 306 g/mol. The van der Waals surface area contributed by atoms with Gasteiger partial charge < -0.3 is 18.9 Å². The summed E-state index contributed by atoms with van der Waals surface area (Å²) in [6, 6.07) is 0. The maximum absolute atomic E-state index is 12.0. The Hall–Kier alpha value is -0.706. The van der Waals surface area contributed by atoms with Crippen LogP contribution in [0.2, 0.25) is 13.1 Å². The van der Waals surface area contributed by atoms with Gasteiger partial charge in [-0.15, -0.1) is 0 Å². The van der Waals surface area contributed by atoms with Gasteiger partial charge >= 0.3 is 5.97 Å². The van der Waals surface area contributed by atoms with Crippen LogP contribution in [0.25, 0.3) is 0 Å². The molecule has 0 aromatic carbocycles. The molecule has 1 fully saturated rings. The molecule has 0 radical (unpaired) electrons. The Kier molecular flexibility index (Phi) is 6.57. The molecule has 1 saturated heterocycles. The molecule has 0 aromatic rings. The van der Waals surface area contributed by atoms with Crippen LogP contribution in [0, 0.1) is 17.3 Å². The molecule has 8 heteroatoms. The van der Waals surface area contributed by atoms with Crippen LogP contribution in [-0.2, 0) is 23.2 Å². The van der Waals surface area contributed by atoms with Crippen LogP contribution in [-0.4, -0.2) is 43.9 Å². The van der Waals surface area contributed by atoms with E-state index in [-0.39, 0.29) is 23.5 Å². The lowest BCUT2D eigenvalue weighted by atomic mass is 9.69. The van der Waals surface area contributed by atoms with E-state index in [2.05, 4.69) is 26.1 Å². The van der Waals surface area contributed by atoms with E-state index in [4.69, 9.17) is 13.6 Å². The van der Waals surface area contributed by atoms with E-state index in [0.29, 0.717) is 0 Å². The fourth-order valence-corrected chi connectivity index (χ4v) is 4.16. The standard InChI is InChI=1S/C13H27NO5Si2/c1-7(15)17-11-8(10(16)14-11)9(13(2,3)4)12(18-20-5)19-21-6/h8-9,11-12H,20-21H2,1-6H3,(H,14,16)/t8-,9-,11+/m0/s1. The summed E-state index contributed by atoms with van der Waals surface area (Å²) >= 11 is 0. The predicted molar refractivity (Wildman–Crippen MR) is 84.9 cm³/mol. The molecule has 0 aromatic heterocycles. The Labute approximate surface area is 131 Å². The Morgan fingerprint density at radius 2 is 1.76 bits per heavy atom. The molecule has 3 atom stereocenters. The number of hydrogen-bond donors (Lipinski definition) is 1. The van der Waals surface area contributed by atoms with Gasteiger partial charge in [-0.05, 0) is 5.41 Å². The van der Waals surface area contributed by atoms with Crippen molar-refractivity contribution in [3.63, 3.8) is 0 Å². The third kappa shape index (κ3) is 4.63. The minimum absolute atomic E-state index is 0.103. The van der Waals surface area contributed by atoms with E-state index in [1.54, 1.807) is 0 Å². The van der Waals surface area contributed by atoms with Crippen molar-refractivity contribution in [3.8, 4) is 0 Å². The smallest absolute Gasteiger partial charge is 0.304 e. The minimum atomic E-state index is -0.668. The maximum Gasteiger partial charge on any atom is 0.304 e. The number of hydrogen-bond acceptors (Lipinski definition) is 5. The van der Waals surface area contributed by atoms with Gasteiger partial charge in [-0.1, -0.05) is 33.9 Å². The van der Waals surface area contributed by atoms with E-state index in [1.165, 1.54) is 6.92 Å². The van der Waals surface area contributed by atoms with Crippen molar-refractivity contribution in [1.82, 2.24) is 5.32 Å². The van der Waals surface area contributed by atoms with Crippen LogP contribution >= 0.6 is 0 Å². The molecule has 1 heterocycles. The number of β-lactam (4-membered cyclic amide) rings is 1. The zero-order chi connectivity index (χ0) is 16.2. The zero-order valence-corrected chi connectivity index (χ0v) is 16.6. The zero-order valence-electron chi connectivity index (χ0n) is 13.8. The van der Waals surface area contributed by atoms with Crippen molar-refractivity contribution in [3.05, 3.63) is 0 Å². The third-order valence-corrected chi connectivity index (χ3v) is 4.87. The number of rotatable bonds is 7. The first kappa shape index (κ1) is 18.3. The van der Waals surface area contributed by atoms with Gasteiger partial charge in [0.1, 0.15) is 12.2 Å². The van der Waals surface area contributed by atoms with Crippen LogP contribution in [0.4, 0.5) is 0 Å². The van der Waals surface area contributed by atoms with Crippen LogP contribution < -0.4 is 5.32 Å². The lowest BCUT2D eigenvalue weighted by Gasteiger charge is -2.48. The van der Waals surface area contributed by atoms with Gasteiger partial charge in [-0.3, -0.25) is 9.59 Å².